The molecule has 0 fully saturated rings. The van der Waals surface area contributed by atoms with Crippen LogP contribution in [0.15, 0.2) is 17.2 Å². The van der Waals surface area contributed by atoms with Crippen molar-refractivity contribution in [3.8, 4) is 0 Å². The molecule has 16 heavy (non-hydrogen) atoms. The highest BCUT2D eigenvalue weighted by atomic mass is 16.2. The summed E-state index contributed by atoms with van der Waals surface area (Å²) in [7, 11) is 1.69. The van der Waals surface area contributed by atoms with Gasteiger partial charge in [-0.05, 0) is 19.9 Å². The molecule has 0 atom stereocenters. The number of rotatable bonds is 3. The summed E-state index contributed by atoms with van der Waals surface area (Å²) < 4.78 is 4.78. The van der Waals surface area contributed by atoms with Gasteiger partial charge >= 0.3 is 5.69 Å². The quantitative estimate of drug-likeness (QED) is 0.741. The van der Waals surface area contributed by atoms with Crippen LogP contribution in [0.5, 0.6) is 0 Å². The molecular formula is C10H15N5O. The zero-order valence-electron chi connectivity index (χ0n) is 9.71. The molecule has 0 amide bonds. The summed E-state index contributed by atoms with van der Waals surface area (Å²) in [5, 5.41) is 8.35. The van der Waals surface area contributed by atoms with Crippen LogP contribution in [0.4, 0.5) is 0 Å². The molecule has 0 aliphatic heterocycles. The average Bonchev–Trinajstić information content (AvgIpc) is 2.76. The molecule has 0 saturated heterocycles. The summed E-state index contributed by atoms with van der Waals surface area (Å²) in [4.78, 5) is 11.6. The lowest BCUT2D eigenvalue weighted by molar-refractivity contribution is 0.562. The van der Waals surface area contributed by atoms with E-state index in [9.17, 15) is 4.79 Å². The maximum absolute atomic E-state index is 11.6. The Bertz CT molecular complexity index is 548. The molecule has 2 heterocycles. The van der Waals surface area contributed by atoms with E-state index in [1.54, 1.807) is 7.05 Å². The fourth-order valence-corrected chi connectivity index (χ4v) is 1.68. The predicted molar refractivity (Wildman–Crippen MR) is 59.2 cm³/mol. The fourth-order valence-electron chi connectivity index (χ4n) is 1.68. The predicted octanol–water partition coefficient (Wildman–Crippen LogP) is 0.155. The first kappa shape index (κ1) is 10.7. The zero-order chi connectivity index (χ0) is 11.7. The molecule has 0 spiro atoms. The number of aromatic nitrogens is 5. The summed E-state index contributed by atoms with van der Waals surface area (Å²) in [6.45, 7) is 5.23. The Morgan fingerprint density at radius 3 is 2.69 bits per heavy atom. The van der Waals surface area contributed by atoms with Crippen LogP contribution in [0.3, 0.4) is 0 Å². The molecule has 0 saturated carbocycles. The largest absolute Gasteiger partial charge is 0.345 e. The molecule has 86 valence electrons. The van der Waals surface area contributed by atoms with E-state index in [4.69, 9.17) is 0 Å². The van der Waals surface area contributed by atoms with Crippen molar-refractivity contribution in [2.45, 2.75) is 26.9 Å². The molecule has 0 aromatic carbocycles. The Morgan fingerprint density at radius 1 is 1.38 bits per heavy atom. The van der Waals surface area contributed by atoms with E-state index < -0.39 is 0 Å². The lowest BCUT2D eigenvalue weighted by Gasteiger charge is -2.03. The lowest BCUT2D eigenvalue weighted by Crippen LogP contribution is -2.24. The van der Waals surface area contributed by atoms with Gasteiger partial charge in [0.1, 0.15) is 6.33 Å². The second kappa shape index (κ2) is 3.96. The molecule has 2 rings (SSSR count). The summed E-state index contributed by atoms with van der Waals surface area (Å²) in [6, 6.07) is 1.98. The standard InChI is InChI=1S/C10H15N5O/c1-4-14-9(5-8(2)12-14)6-15-10(16)13(3)7-11-15/h5,7H,4,6H2,1-3H3. The summed E-state index contributed by atoms with van der Waals surface area (Å²) >= 11 is 0. The van der Waals surface area contributed by atoms with Crippen molar-refractivity contribution in [3.63, 3.8) is 0 Å². The topological polar surface area (TPSA) is 57.6 Å². The van der Waals surface area contributed by atoms with E-state index in [1.165, 1.54) is 15.6 Å². The van der Waals surface area contributed by atoms with E-state index >= 15 is 0 Å². The van der Waals surface area contributed by atoms with Crippen molar-refractivity contribution in [2.75, 3.05) is 0 Å². The van der Waals surface area contributed by atoms with Gasteiger partial charge in [-0.25, -0.2) is 9.48 Å². The molecule has 0 aliphatic carbocycles. The van der Waals surface area contributed by atoms with Gasteiger partial charge in [-0.3, -0.25) is 9.25 Å². The summed E-state index contributed by atoms with van der Waals surface area (Å²) in [5.41, 5.74) is 1.85. The number of hydrogen-bond donors (Lipinski definition) is 0. The SMILES string of the molecule is CCn1nc(C)cc1Cn1ncn(C)c1=O. The Balaban J connectivity index is 2.33. The van der Waals surface area contributed by atoms with Crippen LogP contribution in [0.25, 0.3) is 0 Å². The van der Waals surface area contributed by atoms with Crippen LogP contribution in [0.2, 0.25) is 0 Å². The van der Waals surface area contributed by atoms with Crippen molar-refractivity contribution in [1.29, 1.82) is 0 Å². The smallest absolute Gasteiger partial charge is 0.285 e. The molecular weight excluding hydrogens is 206 g/mol. The van der Waals surface area contributed by atoms with Crippen LogP contribution in [-0.4, -0.2) is 24.1 Å². The van der Waals surface area contributed by atoms with Crippen LogP contribution in [0.1, 0.15) is 18.3 Å². The second-order valence-corrected chi connectivity index (χ2v) is 3.77. The summed E-state index contributed by atoms with van der Waals surface area (Å²) in [6.07, 6.45) is 1.52. The van der Waals surface area contributed by atoms with Gasteiger partial charge in [0, 0.05) is 13.6 Å². The van der Waals surface area contributed by atoms with Gasteiger partial charge in [-0.2, -0.15) is 10.2 Å². The molecule has 0 radical (unpaired) electrons. The van der Waals surface area contributed by atoms with Crippen LogP contribution < -0.4 is 5.69 Å². The molecule has 2 aromatic rings. The number of hydrogen-bond acceptors (Lipinski definition) is 3. The van der Waals surface area contributed by atoms with Crippen molar-refractivity contribution in [1.82, 2.24) is 24.1 Å². The normalized spacial score (nSPS) is 10.9. The molecule has 0 N–H and O–H groups in total. The van der Waals surface area contributed by atoms with E-state index in [-0.39, 0.29) is 5.69 Å². The fraction of sp³-hybridized carbons (Fsp3) is 0.500. The lowest BCUT2D eigenvalue weighted by atomic mass is 10.3. The Kier molecular flexibility index (Phi) is 2.64. The van der Waals surface area contributed by atoms with Crippen LogP contribution in [0, 0.1) is 6.92 Å². The highest BCUT2D eigenvalue weighted by Crippen LogP contribution is 2.04. The van der Waals surface area contributed by atoms with E-state index in [0.717, 1.165) is 17.9 Å². The van der Waals surface area contributed by atoms with Gasteiger partial charge in [0.05, 0.1) is 17.9 Å². The Labute approximate surface area is 93.1 Å². The van der Waals surface area contributed by atoms with Gasteiger partial charge in [0.15, 0.2) is 0 Å². The minimum atomic E-state index is -0.110. The molecule has 2 aromatic heterocycles. The third-order valence-corrected chi connectivity index (χ3v) is 2.48. The highest BCUT2D eigenvalue weighted by Gasteiger charge is 2.08. The van der Waals surface area contributed by atoms with E-state index in [2.05, 4.69) is 10.2 Å². The maximum Gasteiger partial charge on any atom is 0.345 e. The van der Waals surface area contributed by atoms with Crippen molar-refractivity contribution >= 4 is 0 Å². The third kappa shape index (κ3) is 1.78. The summed E-state index contributed by atoms with van der Waals surface area (Å²) in [5.74, 6) is 0. The van der Waals surface area contributed by atoms with E-state index in [1.807, 2.05) is 24.6 Å². The first-order valence-corrected chi connectivity index (χ1v) is 5.23. The highest BCUT2D eigenvalue weighted by molar-refractivity contribution is 5.09. The van der Waals surface area contributed by atoms with Crippen molar-refractivity contribution in [2.24, 2.45) is 7.05 Å². The van der Waals surface area contributed by atoms with Crippen molar-refractivity contribution in [3.05, 3.63) is 34.3 Å². The van der Waals surface area contributed by atoms with Gasteiger partial charge in [0.2, 0.25) is 0 Å². The van der Waals surface area contributed by atoms with Crippen molar-refractivity contribution < 1.29 is 0 Å². The van der Waals surface area contributed by atoms with Crippen LogP contribution >= 0.6 is 0 Å². The number of aryl methyl sites for hydroxylation is 3. The van der Waals surface area contributed by atoms with Gasteiger partial charge < -0.3 is 0 Å². The van der Waals surface area contributed by atoms with Crippen LogP contribution in [-0.2, 0) is 20.1 Å². The second-order valence-electron chi connectivity index (χ2n) is 3.77. The minimum absolute atomic E-state index is 0.110. The zero-order valence-corrected chi connectivity index (χ0v) is 9.71. The minimum Gasteiger partial charge on any atom is -0.285 e. The van der Waals surface area contributed by atoms with Gasteiger partial charge in [-0.15, -0.1) is 0 Å². The number of nitrogens with zero attached hydrogens (tertiary/aromatic N) is 5. The van der Waals surface area contributed by atoms with Gasteiger partial charge in [-0.1, -0.05) is 0 Å². The molecule has 6 nitrogen and oxygen atoms in total. The third-order valence-electron chi connectivity index (χ3n) is 2.48. The first-order valence-electron chi connectivity index (χ1n) is 5.23. The first-order chi connectivity index (χ1) is 7.61. The molecule has 6 heteroatoms. The monoisotopic (exact) mass is 221 g/mol. The Hall–Kier alpha value is -1.85. The van der Waals surface area contributed by atoms with Gasteiger partial charge in [0.25, 0.3) is 0 Å². The molecule has 0 aliphatic rings. The Morgan fingerprint density at radius 2 is 2.12 bits per heavy atom. The van der Waals surface area contributed by atoms with E-state index in [0.29, 0.717) is 6.54 Å². The average molecular weight is 221 g/mol. The molecule has 0 bridgehead atoms. The maximum atomic E-state index is 11.6. The molecule has 0 unspecified atom stereocenters.